The lowest BCUT2D eigenvalue weighted by Crippen LogP contribution is -2.45. The van der Waals surface area contributed by atoms with Gasteiger partial charge in [-0.25, -0.2) is 0 Å². The van der Waals surface area contributed by atoms with Gasteiger partial charge in [-0.05, 0) is 41.4 Å². The van der Waals surface area contributed by atoms with Crippen LogP contribution in [0.25, 0.3) is 0 Å². The molecule has 0 rings (SSSR count). The first-order valence-corrected chi connectivity index (χ1v) is 12.6. The van der Waals surface area contributed by atoms with Crippen LogP contribution >= 0.6 is 67.8 Å². The summed E-state index contributed by atoms with van der Waals surface area (Å²) in [6.45, 7) is 22.0. The third-order valence-electron chi connectivity index (χ3n) is 5.23. The molecule has 0 saturated heterocycles. The Morgan fingerprint density at radius 3 is 0.818 bits per heavy atom. The largest absolute Gasteiger partial charge is 0.0826 e. The first kappa shape index (κ1) is 24.2. The third-order valence-corrected chi connectivity index (χ3v) is 7.73. The van der Waals surface area contributed by atoms with E-state index in [0.717, 1.165) is 53.2 Å². The van der Waals surface area contributed by atoms with Crippen molar-refractivity contribution in [1.82, 2.24) is 0 Å². The molecular weight excluding hydrogens is 609 g/mol. The Morgan fingerprint density at radius 2 is 0.636 bits per heavy atom. The molecule has 3 heteroatoms. The smallest absolute Gasteiger partial charge is 0.0122 e. The van der Waals surface area contributed by atoms with Crippen molar-refractivity contribution in [3.63, 3.8) is 0 Å². The predicted molar refractivity (Wildman–Crippen MR) is 129 cm³/mol. The van der Waals surface area contributed by atoms with E-state index in [1.807, 2.05) is 0 Å². The van der Waals surface area contributed by atoms with Gasteiger partial charge in [0.1, 0.15) is 0 Å². The second kappa shape index (κ2) is 11.0. The van der Waals surface area contributed by atoms with Gasteiger partial charge >= 0.3 is 0 Å². The molecular formula is C19H37I3. The van der Waals surface area contributed by atoms with E-state index >= 15 is 0 Å². The Hall–Kier alpha value is 2.19. The number of rotatable bonds is 9. The third kappa shape index (κ3) is 6.83. The van der Waals surface area contributed by atoms with Crippen LogP contribution in [0.5, 0.6) is 0 Å². The van der Waals surface area contributed by atoms with Crippen molar-refractivity contribution in [2.45, 2.75) is 74.1 Å². The molecule has 0 spiro atoms. The predicted octanol–water partition coefficient (Wildman–Crippen LogP) is 7.89. The standard InChI is InChI=1S/C19H37I3/c1-10(2)16(11(3)4)19(17(12(5)6)13(7)20)18(14(8)21)15(9)22/h10-19H,1-9H3. The Labute approximate surface area is 181 Å². The van der Waals surface area contributed by atoms with Crippen molar-refractivity contribution < 1.29 is 0 Å². The maximum Gasteiger partial charge on any atom is 0.0122 e. The first-order valence-electron chi connectivity index (χ1n) is 8.85. The van der Waals surface area contributed by atoms with Crippen molar-refractivity contribution in [2.75, 3.05) is 0 Å². The Bertz CT molecular complexity index is 224. The molecule has 0 saturated carbocycles. The zero-order valence-corrected chi connectivity index (χ0v) is 22.4. The molecule has 0 heterocycles. The maximum atomic E-state index is 2.69. The van der Waals surface area contributed by atoms with Gasteiger partial charge in [-0.1, -0.05) is 130 Å². The molecule has 0 aromatic rings. The molecule has 0 aromatic heterocycles. The lowest BCUT2D eigenvalue weighted by atomic mass is 9.61. The Balaban J connectivity index is 6.03. The normalized spacial score (nSPS) is 21.3. The molecule has 5 atom stereocenters. The average molecular weight is 646 g/mol. The summed E-state index contributed by atoms with van der Waals surface area (Å²) in [4.78, 5) is 0. The molecule has 0 aliphatic carbocycles. The minimum absolute atomic E-state index is 0.728. The van der Waals surface area contributed by atoms with Gasteiger partial charge in [0.15, 0.2) is 0 Å². The summed E-state index contributed by atoms with van der Waals surface area (Å²) in [7, 11) is 0. The van der Waals surface area contributed by atoms with Crippen LogP contribution < -0.4 is 0 Å². The second-order valence-electron chi connectivity index (χ2n) is 8.07. The number of hydrogen-bond acceptors (Lipinski definition) is 0. The molecule has 0 fully saturated rings. The van der Waals surface area contributed by atoms with Crippen LogP contribution in [0.2, 0.25) is 0 Å². The summed E-state index contributed by atoms with van der Waals surface area (Å²) in [6.07, 6.45) is 0. The molecule has 0 aromatic carbocycles. The number of hydrogen-bond donors (Lipinski definition) is 0. The molecule has 134 valence electrons. The van der Waals surface area contributed by atoms with E-state index < -0.39 is 0 Å². The van der Waals surface area contributed by atoms with Crippen molar-refractivity contribution in [3.05, 3.63) is 0 Å². The zero-order valence-electron chi connectivity index (χ0n) is 15.9. The highest BCUT2D eigenvalue weighted by Crippen LogP contribution is 2.48. The summed E-state index contributed by atoms with van der Waals surface area (Å²) >= 11 is 8.07. The molecule has 0 amide bonds. The Kier molecular flexibility index (Phi) is 12.1. The van der Waals surface area contributed by atoms with Crippen molar-refractivity contribution >= 4 is 67.8 Å². The molecule has 0 nitrogen and oxygen atoms in total. The zero-order chi connectivity index (χ0) is 17.8. The van der Waals surface area contributed by atoms with Crippen molar-refractivity contribution in [3.8, 4) is 0 Å². The van der Waals surface area contributed by atoms with E-state index in [1.54, 1.807) is 0 Å². The summed E-state index contributed by atoms with van der Waals surface area (Å²) < 4.78 is 2.19. The topological polar surface area (TPSA) is 0 Å². The monoisotopic (exact) mass is 646 g/mol. The van der Waals surface area contributed by atoms with Crippen LogP contribution in [-0.2, 0) is 0 Å². The SMILES string of the molecule is CC(C)C(C(C)C)C(C(C(C)C)C(C)I)C(C(C)I)C(C)I. The van der Waals surface area contributed by atoms with Gasteiger partial charge in [0.2, 0.25) is 0 Å². The van der Waals surface area contributed by atoms with E-state index in [9.17, 15) is 0 Å². The van der Waals surface area contributed by atoms with E-state index in [-0.39, 0.29) is 0 Å². The quantitative estimate of drug-likeness (QED) is 0.177. The van der Waals surface area contributed by atoms with Gasteiger partial charge in [0.25, 0.3) is 0 Å². The molecule has 0 N–H and O–H groups in total. The number of halogens is 3. The first-order chi connectivity index (χ1) is 9.93. The van der Waals surface area contributed by atoms with Gasteiger partial charge in [-0.3, -0.25) is 0 Å². The Morgan fingerprint density at radius 1 is 0.364 bits per heavy atom. The van der Waals surface area contributed by atoms with Crippen LogP contribution in [0.4, 0.5) is 0 Å². The van der Waals surface area contributed by atoms with Gasteiger partial charge in [-0.2, -0.15) is 0 Å². The lowest BCUT2D eigenvalue weighted by molar-refractivity contribution is 0.0575. The van der Waals surface area contributed by atoms with Gasteiger partial charge in [0, 0.05) is 11.8 Å². The van der Waals surface area contributed by atoms with E-state index in [4.69, 9.17) is 0 Å². The van der Waals surface area contributed by atoms with Gasteiger partial charge < -0.3 is 0 Å². The molecule has 0 aliphatic heterocycles. The fraction of sp³-hybridized carbons (Fsp3) is 1.00. The molecule has 22 heavy (non-hydrogen) atoms. The molecule has 5 unspecified atom stereocenters. The number of alkyl halides is 3. The van der Waals surface area contributed by atoms with Crippen LogP contribution in [-0.4, -0.2) is 11.8 Å². The molecule has 0 aliphatic rings. The highest BCUT2D eigenvalue weighted by molar-refractivity contribution is 14.1. The van der Waals surface area contributed by atoms with E-state index in [2.05, 4.69) is 130 Å². The summed E-state index contributed by atoms with van der Waals surface area (Å²) in [5, 5.41) is 0. The van der Waals surface area contributed by atoms with Crippen LogP contribution in [0.15, 0.2) is 0 Å². The summed E-state index contributed by atoms with van der Waals surface area (Å²) in [5.41, 5.74) is 0. The molecule has 0 radical (unpaired) electrons. The molecule has 0 bridgehead atoms. The van der Waals surface area contributed by atoms with Gasteiger partial charge in [-0.15, -0.1) is 0 Å². The van der Waals surface area contributed by atoms with Crippen molar-refractivity contribution in [1.29, 1.82) is 0 Å². The van der Waals surface area contributed by atoms with Crippen molar-refractivity contribution in [2.24, 2.45) is 41.4 Å². The van der Waals surface area contributed by atoms with E-state index in [1.165, 1.54) is 0 Å². The van der Waals surface area contributed by atoms with Crippen LogP contribution in [0.3, 0.4) is 0 Å². The van der Waals surface area contributed by atoms with Gasteiger partial charge in [0.05, 0.1) is 0 Å². The maximum absolute atomic E-state index is 2.69. The fourth-order valence-corrected chi connectivity index (χ4v) is 9.00. The van der Waals surface area contributed by atoms with Crippen LogP contribution in [0.1, 0.15) is 62.3 Å². The lowest BCUT2D eigenvalue weighted by Gasteiger charge is -2.47. The fourth-order valence-electron chi connectivity index (χ4n) is 4.69. The minimum atomic E-state index is 0.728. The van der Waals surface area contributed by atoms with E-state index in [0.29, 0.717) is 0 Å². The highest BCUT2D eigenvalue weighted by atomic mass is 127. The van der Waals surface area contributed by atoms with Crippen LogP contribution in [0, 0.1) is 41.4 Å². The second-order valence-corrected chi connectivity index (χ2v) is 14.0. The summed E-state index contributed by atoms with van der Waals surface area (Å²) in [6, 6.07) is 0. The average Bonchev–Trinajstić information content (AvgIpc) is 2.24. The summed E-state index contributed by atoms with van der Waals surface area (Å²) in [5.74, 6) is 5.48. The minimum Gasteiger partial charge on any atom is -0.0826 e. The highest BCUT2D eigenvalue weighted by Gasteiger charge is 2.44.